The van der Waals surface area contributed by atoms with Gasteiger partial charge >= 0.3 is 0 Å². The lowest BCUT2D eigenvalue weighted by Gasteiger charge is -2.07. The molecule has 1 aromatic heterocycles. The second-order valence-corrected chi connectivity index (χ2v) is 6.77. The standard InChI is InChI=1S/C19H21N3OS/c1-3-12-24-13-18(23)20-15-10-8-14(9-11-15)19-21-16-6-4-5-7-17(16)22(19)2/h4-11H,3,12-13H2,1-2H3,(H,20,23). The Labute approximate surface area is 146 Å². The van der Waals surface area contributed by atoms with Crippen molar-refractivity contribution in [2.45, 2.75) is 13.3 Å². The monoisotopic (exact) mass is 339 g/mol. The Morgan fingerprint density at radius 1 is 1.17 bits per heavy atom. The third-order valence-corrected chi connectivity index (χ3v) is 4.96. The number of aryl methyl sites for hydroxylation is 1. The normalized spacial score (nSPS) is 10.9. The first-order valence-electron chi connectivity index (χ1n) is 8.08. The maximum absolute atomic E-state index is 11.9. The maximum atomic E-state index is 11.9. The van der Waals surface area contributed by atoms with E-state index in [1.807, 2.05) is 49.5 Å². The van der Waals surface area contributed by atoms with Crippen LogP contribution in [0, 0.1) is 0 Å². The van der Waals surface area contributed by atoms with Gasteiger partial charge in [0.1, 0.15) is 5.82 Å². The summed E-state index contributed by atoms with van der Waals surface area (Å²) in [6, 6.07) is 15.9. The second kappa shape index (κ2) is 7.53. The van der Waals surface area contributed by atoms with E-state index in [2.05, 4.69) is 22.9 Å². The highest BCUT2D eigenvalue weighted by molar-refractivity contribution is 7.99. The summed E-state index contributed by atoms with van der Waals surface area (Å²) in [6.45, 7) is 2.12. The molecule has 0 bridgehead atoms. The summed E-state index contributed by atoms with van der Waals surface area (Å²) in [5.41, 5.74) is 3.95. The molecule has 0 atom stereocenters. The van der Waals surface area contributed by atoms with E-state index in [4.69, 9.17) is 4.98 Å². The Bertz CT molecular complexity index is 839. The lowest BCUT2D eigenvalue weighted by atomic mass is 10.2. The number of nitrogens with zero attached hydrogens (tertiary/aromatic N) is 2. The van der Waals surface area contributed by atoms with Crippen molar-refractivity contribution in [2.24, 2.45) is 7.05 Å². The van der Waals surface area contributed by atoms with E-state index < -0.39 is 0 Å². The number of benzene rings is 2. The lowest BCUT2D eigenvalue weighted by molar-refractivity contribution is -0.113. The summed E-state index contributed by atoms with van der Waals surface area (Å²) in [6.07, 6.45) is 1.09. The smallest absolute Gasteiger partial charge is 0.234 e. The third-order valence-electron chi connectivity index (χ3n) is 3.80. The molecule has 2 aromatic carbocycles. The number of thioether (sulfide) groups is 1. The van der Waals surface area contributed by atoms with E-state index in [0.29, 0.717) is 5.75 Å². The van der Waals surface area contributed by atoms with E-state index in [1.54, 1.807) is 11.8 Å². The van der Waals surface area contributed by atoms with Gasteiger partial charge in [0.15, 0.2) is 0 Å². The zero-order valence-corrected chi connectivity index (χ0v) is 14.8. The number of imidazole rings is 1. The highest BCUT2D eigenvalue weighted by Crippen LogP contribution is 2.24. The molecule has 0 spiro atoms. The van der Waals surface area contributed by atoms with Gasteiger partial charge in [-0.1, -0.05) is 19.1 Å². The molecule has 0 aliphatic rings. The number of nitrogens with one attached hydrogen (secondary N) is 1. The molecule has 0 fully saturated rings. The van der Waals surface area contributed by atoms with Gasteiger partial charge in [-0.05, 0) is 48.6 Å². The quantitative estimate of drug-likeness (QED) is 0.680. The van der Waals surface area contributed by atoms with Gasteiger partial charge in [0.2, 0.25) is 5.91 Å². The number of carbonyl (C=O) groups is 1. The topological polar surface area (TPSA) is 46.9 Å². The molecule has 4 nitrogen and oxygen atoms in total. The van der Waals surface area contributed by atoms with Gasteiger partial charge in [0.05, 0.1) is 16.8 Å². The molecule has 5 heteroatoms. The van der Waals surface area contributed by atoms with Crippen LogP contribution in [0.4, 0.5) is 5.69 Å². The summed E-state index contributed by atoms with van der Waals surface area (Å²) in [4.78, 5) is 16.6. The van der Waals surface area contributed by atoms with Crippen LogP contribution >= 0.6 is 11.8 Å². The van der Waals surface area contributed by atoms with Gasteiger partial charge in [0, 0.05) is 18.3 Å². The molecule has 0 aliphatic heterocycles. The number of amides is 1. The minimum Gasteiger partial charge on any atom is -0.327 e. The molecule has 3 aromatic rings. The second-order valence-electron chi connectivity index (χ2n) is 5.66. The first-order chi connectivity index (χ1) is 11.7. The summed E-state index contributed by atoms with van der Waals surface area (Å²) in [5, 5.41) is 2.93. The number of hydrogen-bond acceptors (Lipinski definition) is 3. The third kappa shape index (κ3) is 3.62. The predicted octanol–water partition coefficient (Wildman–Crippen LogP) is 4.32. The largest absolute Gasteiger partial charge is 0.327 e. The molecule has 0 unspecified atom stereocenters. The molecule has 1 N–H and O–H groups in total. The maximum Gasteiger partial charge on any atom is 0.234 e. The molecular formula is C19H21N3OS. The Kier molecular flexibility index (Phi) is 5.20. The predicted molar refractivity (Wildman–Crippen MR) is 102 cm³/mol. The molecule has 0 aliphatic carbocycles. The highest BCUT2D eigenvalue weighted by Gasteiger charge is 2.09. The minimum absolute atomic E-state index is 0.0453. The van der Waals surface area contributed by atoms with E-state index in [1.165, 1.54) is 0 Å². The van der Waals surface area contributed by atoms with Crippen LogP contribution < -0.4 is 5.32 Å². The van der Waals surface area contributed by atoms with Crippen LogP contribution in [0.15, 0.2) is 48.5 Å². The zero-order valence-electron chi connectivity index (χ0n) is 14.0. The number of para-hydroxylation sites is 2. The fourth-order valence-corrected chi connectivity index (χ4v) is 3.30. The highest BCUT2D eigenvalue weighted by atomic mass is 32.2. The van der Waals surface area contributed by atoms with Crippen LogP contribution in [0.5, 0.6) is 0 Å². The van der Waals surface area contributed by atoms with Crippen LogP contribution in [-0.2, 0) is 11.8 Å². The number of fused-ring (bicyclic) bond motifs is 1. The van der Waals surface area contributed by atoms with E-state index in [-0.39, 0.29) is 5.91 Å². The van der Waals surface area contributed by atoms with E-state index in [0.717, 1.165) is 40.3 Å². The van der Waals surface area contributed by atoms with Gasteiger partial charge in [-0.3, -0.25) is 4.79 Å². The van der Waals surface area contributed by atoms with Crippen molar-refractivity contribution in [3.8, 4) is 11.4 Å². The van der Waals surface area contributed by atoms with Crippen molar-refractivity contribution in [3.63, 3.8) is 0 Å². The summed E-state index contributed by atoms with van der Waals surface area (Å²) in [5.74, 6) is 2.48. The fourth-order valence-electron chi connectivity index (χ4n) is 2.61. The van der Waals surface area contributed by atoms with Crippen molar-refractivity contribution in [3.05, 3.63) is 48.5 Å². The number of carbonyl (C=O) groups excluding carboxylic acids is 1. The molecule has 124 valence electrons. The van der Waals surface area contributed by atoms with Gasteiger partial charge in [0.25, 0.3) is 0 Å². The average molecular weight is 339 g/mol. The van der Waals surface area contributed by atoms with Crippen molar-refractivity contribution in [2.75, 3.05) is 16.8 Å². The molecule has 0 saturated carbocycles. The molecule has 24 heavy (non-hydrogen) atoms. The van der Waals surface area contributed by atoms with Gasteiger partial charge < -0.3 is 9.88 Å². The lowest BCUT2D eigenvalue weighted by Crippen LogP contribution is -2.14. The van der Waals surface area contributed by atoms with Crippen molar-refractivity contribution < 1.29 is 4.79 Å². The fraction of sp³-hybridized carbons (Fsp3) is 0.263. The molecule has 1 heterocycles. The van der Waals surface area contributed by atoms with Crippen molar-refractivity contribution >= 4 is 34.4 Å². The average Bonchev–Trinajstić information content (AvgIpc) is 2.93. The number of hydrogen-bond donors (Lipinski definition) is 1. The van der Waals surface area contributed by atoms with Crippen LogP contribution in [0.3, 0.4) is 0 Å². The van der Waals surface area contributed by atoms with Gasteiger partial charge in [-0.2, -0.15) is 11.8 Å². The van der Waals surface area contributed by atoms with Crippen LogP contribution in [0.2, 0.25) is 0 Å². The Hall–Kier alpha value is -2.27. The molecule has 0 saturated heterocycles. The molecular weight excluding hydrogens is 318 g/mol. The molecule has 3 rings (SSSR count). The zero-order chi connectivity index (χ0) is 16.9. The number of anilines is 1. The Morgan fingerprint density at radius 2 is 1.92 bits per heavy atom. The Morgan fingerprint density at radius 3 is 2.62 bits per heavy atom. The first-order valence-corrected chi connectivity index (χ1v) is 9.24. The van der Waals surface area contributed by atoms with Crippen LogP contribution in [0.1, 0.15) is 13.3 Å². The van der Waals surface area contributed by atoms with E-state index >= 15 is 0 Å². The van der Waals surface area contributed by atoms with Gasteiger partial charge in [-0.15, -0.1) is 0 Å². The van der Waals surface area contributed by atoms with Crippen LogP contribution in [-0.4, -0.2) is 27.0 Å². The first kappa shape index (κ1) is 16.6. The minimum atomic E-state index is 0.0453. The van der Waals surface area contributed by atoms with E-state index in [9.17, 15) is 4.79 Å². The number of rotatable bonds is 6. The van der Waals surface area contributed by atoms with Crippen LogP contribution in [0.25, 0.3) is 22.4 Å². The Balaban J connectivity index is 1.74. The molecule has 0 radical (unpaired) electrons. The number of aromatic nitrogens is 2. The summed E-state index contributed by atoms with van der Waals surface area (Å²) in [7, 11) is 2.02. The van der Waals surface area contributed by atoms with Crippen molar-refractivity contribution in [1.29, 1.82) is 0 Å². The van der Waals surface area contributed by atoms with Gasteiger partial charge in [-0.25, -0.2) is 4.98 Å². The molecule has 1 amide bonds. The SMILES string of the molecule is CCCSCC(=O)Nc1ccc(-c2nc3ccccc3n2C)cc1. The van der Waals surface area contributed by atoms with Crippen molar-refractivity contribution in [1.82, 2.24) is 9.55 Å². The summed E-state index contributed by atoms with van der Waals surface area (Å²) >= 11 is 1.66. The summed E-state index contributed by atoms with van der Waals surface area (Å²) < 4.78 is 2.09.